The number of benzene rings is 1. The number of rotatable bonds is 4. The van der Waals surface area contributed by atoms with Crippen LogP contribution in [0.15, 0.2) is 44.9 Å². The molecule has 2 aromatic rings. The van der Waals surface area contributed by atoms with Gasteiger partial charge in [-0.3, -0.25) is 4.79 Å². The molecule has 0 fully saturated rings. The van der Waals surface area contributed by atoms with Crippen LogP contribution < -0.4 is 15.9 Å². The van der Waals surface area contributed by atoms with Gasteiger partial charge in [-0.1, -0.05) is 29.3 Å². The monoisotopic (exact) mass is 411 g/mol. The molecule has 1 aliphatic heterocycles. The van der Waals surface area contributed by atoms with Crippen molar-refractivity contribution in [2.75, 3.05) is 6.61 Å². The van der Waals surface area contributed by atoms with E-state index >= 15 is 0 Å². The Morgan fingerprint density at radius 3 is 2.67 bits per heavy atom. The molecule has 0 aliphatic carbocycles. The molecule has 1 aromatic heterocycles. The van der Waals surface area contributed by atoms with Gasteiger partial charge in [-0.05, 0) is 24.6 Å². The molecule has 0 bridgehead atoms. The fourth-order valence-electron chi connectivity index (χ4n) is 2.79. The Kier molecular flexibility index (Phi) is 5.46. The molecular weight excluding hydrogens is 397 g/mol. The fourth-order valence-corrected chi connectivity index (χ4v) is 3.10. The summed E-state index contributed by atoms with van der Waals surface area (Å²) in [5.74, 6) is -2.08. The van der Waals surface area contributed by atoms with Gasteiger partial charge in [-0.2, -0.15) is 0 Å². The van der Waals surface area contributed by atoms with Crippen molar-refractivity contribution in [3.63, 3.8) is 0 Å². The number of carbonyl (C=O) groups is 1. The third-order valence-electron chi connectivity index (χ3n) is 3.94. The lowest BCUT2D eigenvalue weighted by Gasteiger charge is -2.27. The number of halogens is 2. The van der Waals surface area contributed by atoms with Gasteiger partial charge < -0.3 is 24.7 Å². The summed E-state index contributed by atoms with van der Waals surface area (Å²) in [6, 6.07) is 5.78. The first kappa shape index (κ1) is 19.3. The molecule has 7 nitrogen and oxygen atoms in total. The third kappa shape index (κ3) is 3.53. The molecule has 9 heteroatoms. The smallest absolute Gasteiger partial charge is 0.340 e. The van der Waals surface area contributed by atoms with E-state index in [-0.39, 0.29) is 40.4 Å². The Labute approximate surface area is 163 Å². The van der Waals surface area contributed by atoms with E-state index in [1.807, 2.05) is 0 Å². The summed E-state index contributed by atoms with van der Waals surface area (Å²) in [5.41, 5.74) is 5.83. The van der Waals surface area contributed by atoms with Crippen LogP contribution in [0, 0.1) is 0 Å². The zero-order chi connectivity index (χ0) is 19.7. The van der Waals surface area contributed by atoms with Gasteiger partial charge in [-0.15, -0.1) is 0 Å². The van der Waals surface area contributed by atoms with Crippen molar-refractivity contribution in [3.8, 4) is 5.75 Å². The first-order chi connectivity index (χ1) is 12.9. The van der Waals surface area contributed by atoms with E-state index in [2.05, 4.69) is 0 Å². The number of carbonyl (C=O) groups excluding carboxylic acids is 1. The SMILES string of the molecule is CCOC(=O)C1=C(N)Oc2c(oc(CO)cc2=O)C1c1ccc(Cl)c(Cl)c1. The number of hydrogen-bond donors (Lipinski definition) is 2. The lowest BCUT2D eigenvalue weighted by atomic mass is 9.86. The van der Waals surface area contributed by atoms with Crippen molar-refractivity contribution in [2.24, 2.45) is 5.73 Å². The Bertz CT molecular complexity index is 998. The average Bonchev–Trinajstić information content (AvgIpc) is 2.63. The Morgan fingerprint density at radius 2 is 2.04 bits per heavy atom. The lowest BCUT2D eigenvalue weighted by molar-refractivity contribution is -0.139. The van der Waals surface area contributed by atoms with E-state index in [9.17, 15) is 14.7 Å². The van der Waals surface area contributed by atoms with Gasteiger partial charge in [0.25, 0.3) is 0 Å². The second kappa shape index (κ2) is 7.64. The second-order valence-electron chi connectivity index (χ2n) is 5.64. The van der Waals surface area contributed by atoms with E-state index in [4.69, 9.17) is 42.8 Å². The minimum Gasteiger partial charge on any atom is -0.462 e. The summed E-state index contributed by atoms with van der Waals surface area (Å²) in [5, 5.41) is 9.93. The van der Waals surface area contributed by atoms with Crippen LogP contribution in [-0.2, 0) is 16.1 Å². The van der Waals surface area contributed by atoms with Crippen LogP contribution in [0.5, 0.6) is 5.75 Å². The highest BCUT2D eigenvalue weighted by molar-refractivity contribution is 6.42. The van der Waals surface area contributed by atoms with Gasteiger partial charge in [0.05, 0.1) is 22.6 Å². The van der Waals surface area contributed by atoms with E-state index in [0.717, 1.165) is 6.07 Å². The summed E-state index contributed by atoms with van der Waals surface area (Å²) < 4.78 is 16.1. The summed E-state index contributed by atoms with van der Waals surface area (Å²) in [6.45, 7) is 1.24. The minimum atomic E-state index is -0.929. The zero-order valence-electron chi connectivity index (χ0n) is 14.1. The molecule has 1 aromatic carbocycles. The molecule has 1 aliphatic rings. The van der Waals surface area contributed by atoms with Gasteiger partial charge in [0.15, 0.2) is 5.76 Å². The molecule has 0 saturated heterocycles. The quantitative estimate of drug-likeness (QED) is 0.743. The van der Waals surface area contributed by atoms with Crippen molar-refractivity contribution in [1.29, 1.82) is 0 Å². The van der Waals surface area contributed by atoms with Gasteiger partial charge in [-0.25, -0.2) is 4.79 Å². The van der Waals surface area contributed by atoms with Crippen molar-refractivity contribution < 1.29 is 23.8 Å². The van der Waals surface area contributed by atoms with Crippen LogP contribution in [0.3, 0.4) is 0 Å². The maximum Gasteiger partial charge on any atom is 0.340 e. The number of aliphatic hydroxyl groups excluding tert-OH is 1. The van der Waals surface area contributed by atoms with E-state index < -0.39 is 23.9 Å². The summed E-state index contributed by atoms with van der Waals surface area (Å²) in [7, 11) is 0. The number of esters is 1. The largest absolute Gasteiger partial charge is 0.462 e. The van der Waals surface area contributed by atoms with Gasteiger partial charge >= 0.3 is 5.97 Å². The Balaban J connectivity index is 2.29. The van der Waals surface area contributed by atoms with Crippen molar-refractivity contribution >= 4 is 29.2 Å². The molecule has 1 unspecified atom stereocenters. The predicted octanol–water partition coefficient (Wildman–Crippen LogP) is 2.70. The molecule has 1 atom stereocenters. The molecule has 142 valence electrons. The van der Waals surface area contributed by atoms with Crippen LogP contribution >= 0.6 is 23.2 Å². The Morgan fingerprint density at radius 1 is 1.30 bits per heavy atom. The van der Waals surface area contributed by atoms with Crippen molar-refractivity contribution in [1.82, 2.24) is 0 Å². The number of nitrogens with two attached hydrogens (primary N) is 1. The number of fused-ring (bicyclic) bond motifs is 1. The average molecular weight is 412 g/mol. The number of ether oxygens (including phenoxy) is 2. The van der Waals surface area contributed by atoms with E-state index in [1.165, 1.54) is 6.07 Å². The maximum absolute atomic E-state index is 12.5. The summed E-state index contributed by atoms with van der Waals surface area (Å²) in [6.07, 6.45) is 0. The van der Waals surface area contributed by atoms with Gasteiger partial charge in [0.1, 0.15) is 17.9 Å². The molecule has 0 saturated carbocycles. The second-order valence-corrected chi connectivity index (χ2v) is 6.45. The van der Waals surface area contributed by atoms with Crippen molar-refractivity contribution in [2.45, 2.75) is 19.4 Å². The Hall–Kier alpha value is -2.48. The normalized spacial score (nSPS) is 15.9. The first-order valence-corrected chi connectivity index (χ1v) is 8.70. The third-order valence-corrected chi connectivity index (χ3v) is 4.68. The fraction of sp³-hybridized carbons (Fsp3) is 0.222. The van der Waals surface area contributed by atoms with Crippen LogP contribution in [0.4, 0.5) is 0 Å². The van der Waals surface area contributed by atoms with Crippen LogP contribution in [0.2, 0.25) is 10.0 Å². The van der Waals surface area contributed by atoms with Crippen LogP contribution in [0.1, 0.15) is 29.9 Å². The molecule has 3 rings (SSSR count). The highest BCUT2D eigenvalue weighted by Crippen LogP contribution is 2.42. The van der Waals surface area contributed by atoms with Crippen LogP contribution in [-0.4, -0.2) is 17.7 Å². The highest BCUT2D eigenvalue weighted by atomic mass is 35.5. The molecule has 0 spiro atoms. The summed E-state index contributed by atoms with van der Waals surface area (Å²) >= 11 is 12.1. The molecular formula is C18H15Cl2NO6. The van der Waals surface area contributed by atoms with Crippen LogP contribution in [0.25, 0.3) is 0 Å². The molecule has 0 amide bonds. The summed E-state index contributed by atoms with van der Waals surface area (Å²) in [4.78, 5) is 24.9. The minimum absolute atomic E-state index is 0.0103. The van der Waals surface area contributed by atoms with E-state index in [1.54, 1.807) is 19.1 Å². The lowest BCUT2D eigenvalue weighted by Crippen LogP contribution is -2.30. The highest BCUT2D eigenvalue weighted by Gasteiger charge is 2.39. The van der Waals surface area contributed by atoms with Gasteiger partial charge in [0.2, 0.25) is 17.1 Å². The zero-order valence-corrected chi connectivity index (χ0v) is 15.6. The number of aliphatic hydroxyl groups is 1. The number of hydrogen-bond acceptors (Lipinski definition) is 7. The predicted molar refractivity (Wildman–Crippen MR) is 97.7 cm³/mol. The molecule has 3 N–H and O–H groups in total. The topological polar surface area (TPSA) is 112 Å². The molecule has 2 heterocycles. The van der Waals surface area contributed by atoms with E-state index in [0.29, 0.717) is 10.6 Å². The molecule has 27 heavy (non-hydrogen) atoms. The van der Waals surface area contributed by atoms with Gasteiger partial charge in [0, 0.05) is 6.07 Å². The maximum atomic E-state index is 12.5. The molecule has 0 radical (unpaired) electrons. The standard InChI is InChI=1S/C18H15Cl2NO6/c1-2-25-18(24)14-13(8-3-4-10(19)11(20)5-8)16-15(27-17(14)21)12(23)6-9(7-22)26-16/h3-6,13,22H,2,7,21H2,1H3. The van der Waals surface area contributed by atoms with Crippen molar-refractivity contribution in [3.05, 3.63) is 73.1 Å². The first-order valence-electron chi connectivity index (χ1n) is 7.94.